The van der Waals surface area contributed by atoms with Gasteiger partial charge >= 0.3 is 6.09 Å². The van der Waals surface area contributed by atoms with E-state index in [-0.39, 0.29) is 0 Å². The molecule has 0 aromatic heterocycles. The van der Waals surface area contributed by atoms with Crippen LogP contribution in [0.4, 0.5) is 27.5 Å². The van der Waals surface area contributed by atoms with Gasteiger partial charge in [-0.05, 0) is 48.0 Å². The molecule has 0 atom stereocenters. The molecule has 1 N–H and O–H groups in total. The van der Waals surface area contributed by atoms with Crippen LogP contribution in [0.3, 0.4) is 0 Å². The molecule has 5 nitrogen and oxygen atoms in total. The summed E-state index contributed by atoms with van der Waals surface area (Å²) >= 11 is 3.59. The molecule has 0 saturated carbocycles. The monoisotopic (exact) mass is 552 g/mol. The molecule has 2 aliphatic rings. The third-order valence-electron chi connectivity index (χ3n) is 6.15. The highest BCUT2D eigenvalue weighted by atomic mass is 79.9. The minimum Gasteiger partial charge on any atom is -0.496 e. The molecule has 0 aliphatic carbocycles. The first-order chi connectivity index (χ1) is 18.1. The Morgan fingerprint density at radius 3 is 2.03 bits per heavy atom. The van der Waals surface area contributed by atoms with E-state index in [4.69, 9.17) is 9.47 Å². The lowest BCUT2D eigenvalue weighted by Crippen LogP contribution is -2.26. The van der Waals surface area contributed by atoms with Crippen molar-refractivity contribution in [2.45, 2.75) is 0 Å². The van der Waals surface area contributed by atoms with Crippen molar-refractivity contribution in [1.82, 2.24) is 0 Å². The van der Waals surface area contributed by atoms with E-state index in [0.29, 0.717) is 0 Å². The number of hydrogen-bond donors (Lipinski definition) is 1. The van der Waals surface area contributed by atoms with Crippen LogP contribution in [-0.4, -0.2) is 20.3 Å². The zero-order chi connectivity index (χ0) is 25.8. The predicted molar refractivity (Wildman–Crippen MR) is 155 cm³/mol. The summed E-state index contributed by atoms with van der Waals surface area (Å²) in [5.41, 5.74) is 7.92. The Morgan fingerprint density at radius 1 is 0.703 bits per heavy atom. The zero-order valence-electron chi connectivity index (χ0n) is 20.4. The highest BCUT2D eigenvalue weighted by Gasteiger charge is 2.26. The van der Waals surface area contributed by atoms with Crippen LogP contribution in [-0.2, 0) is 9.47 Å². The maximum absolute atomic E-state index is 12.2. The topological polar surface area (TPSA) is 50.8 Å². The van der Waals surface area contributed by atoms with Gasteiger partial charge in [-0.3, -0.25) is 0 Å². The first-order valence-corrected chi connectivity index (χ1v) is 12.5. The second-order valence-corrected chi connectivity index (χ2v) is 9.20. The number of nitrogens with one attached hydrogen (secondary N) is 1. The van der Waals surface area contributed by atoms with Crippen LogP contribution >= 0.6 is 15.9 Å². The average molecular weight is 553 g/mol. The second-order valence-electron chi connectivity index (χ2n) is 8.34. The molecule has 0 saturated heterocycles. The third-order valence-corrected chi connectivity index (χ3v) is 6.80. The number of rotatable bonds is 1. The van der Waals surface area contributed by atoms with Gasteiger partial charge in [-0.15, -0.1) is 0 Å². The van der Waals surface area contributed by atoms with Gasteiger partial charge in [0.25, 0.3) is 0 Å². The van der Waals surface area contributed by atoms with Gasteiger partial charge < -0.3 is 14.8 Å². The van der Waals surface area contributed by atoms with E-state index < -0.39 is 6.09 Å². The minimum atomic E-state index is -0.402. The lowest BCUT2D eigenvalue weighted by molar-refractivity contribution is 0.181. The summed E-state index contributed by atoms with van der Waals surface area (Å²) in [5.74, 6) is 0.887. The number of methoxy groups -OCH3 is 2. The van der Waals surface area contributed by atoms with Gasteiger partial charge in [0.1, 0.15) is 5.76 Å². The highest BCUT2D eigenvalue weighted by Crippen LogP contribution is 2.42. The minimum absolute atomic E-state index is 0.402. The molecule has 0 fully saturated rings. The van der Waals surface area contributed by atoms with Gasteiger partial charge in [-0.1, -0.05) is 82.7 Å². The normalized spacial score (nSPS) is 12.8. The van der Waals surface area contributed by atoms with Crippen molar-refractivity contribution < 1.29 is 14.3 Å². The fourth-order valence-corrected chi connectivity index (χ4v) is 4.97. The van der Waals surface area contributed by atoms with Crippen molar-refractivity contribution >= 4 is 67.2 Å². The maximum atomic E-state index is 12.2. The molecule has 6 rings (SSSR count). The quantitative estimate of drug-likeness (QED) is 0.256. The summed E-state index contributed by atoms with van der Waals surface area (Å²) in [6, 6.07) is 31.8. The van der Waals surface area contributed by atoms with Crippen LogP contribution in [0.15, 0.2) is 97.1 Å². The number of nitrogens with zero attached hydrogens (tertiary/aromatic N) is 1. The summed E-state index contributed by atoms with van der Waals surface area (Å²) in [7, 11) is 3.09. The molecule has 0 spiro atoms. The smallest absolute Gasteiger partial charge is 0.418 e. The molecule has 0 unspecified atom stereocenters. The Balaban J connectivity index is 0.000000153. The summed E-state index contributed by atoms with van der Waals surface area (Å²) in [5, 5.41) is 3.44. The van der Waals surface area contributed by atoms with Crippen LogP contribution < -0.4 is 10.2 Å². The van der Waals surface area contributed by atoms with E-state index >= 15 is 0 Å². The number of hydrogen-bond acceptors (Lipinski definition) is 4. The van der Waals surface area contributed by atoms with Gasteiger partial charge in [0.2, 0.25) is 0 Å². The van der Waals surface area contributed by atoms with Gasteiger partial charge in [0, 0.05) is 32.5 Å². The average Bonchev–Trinajstić information content (AvgIpc) is 3.18. The molecule has 0 radical (unpaired) electrons. The summed E-state index contributed by atoms with van der Waals surface area (Å²) < 4.78 is 11.4. The van der Waals surface area contributed by atoms with Gasteiger partial charge in [0.05, 0.1) is 25.6 Å². The fourth-order valence-electron chi connectivity index (χ4n) is 4.39. The number of amides is 1. The standard InChI is InChI=1S/C16H12BrNO2.C15H13NO/c1-20-16(19)18-14-8-4-2-6-11(14)10-13(17)12-7-3-5-9-15(12)18;1-17-15-10-11-6-2-4-8-13(11)16-14-9-5-3-7-12(14)15/h2-10H,1H3;2-10,16H,1H3. The largest absolute Gasteiger partial charge is 0.496 e. The van der Waals surface area contributed by atoms with Gasteiger partial charge in [0.15, 0.2) is 0 Å². The number of ether oxygens (including phenoxy) is 2. The van der Waals surface area contributed by atoms with Crippen LogP contribution in [0, 0.1) is 0 Å². The predicted octanol–water partition coefficient (Wildman–Crippen LogP) is 8.69. The van der Waals surface area contributed by atoms with Crippen molar-refractivity contribution in [2.75, 3.05) is 24.4 Å². The number of carbonyl (C=O) groups is 1. The molecule has 4 aromatic carbocycles. The molecular weight excluding hydrogens is 528 g/mol. The molecule has 184 valence electrons. The number of halogens is 1. The Labute approximate surface area is 224 Å². The lowest BCUT2D eigenvalue weighted by atomic mass is 10.1. The summed E-state index contributed by atoms with van der Waals surface area (Å²) in [4.78, 5) is 13.8. The Bertz CT molecular complexity index is 1530. The Hall–Kier alpha value is -4.29. The van der Waals surface area contributed by atoms with Crippen molar-refractivity contribution in [1.29, 1.82) is 0 Å². The first kappa shape index (κ1) is 24.4. The molecule has 37 heavy (non-hydrogen) atoms. The Morgan fingerprint density at radius 2 is 1.30 bits per heavy atom. The van der Waals surface area contributed by atoms with Crippen molar-refractivity contribution in [3.63, 3.8) is 0 Å². The van der Waals surface area contributed by atoms with E-state index in [1.54, 1.807) is 12.0 Å². The number of para-hydroxylation sites is 4. The SMILES string of the molecule is COC(=O)N1c2ccccc2C=C(Br)c2ccccc21.COC1=Cc2ccccc2Nc2ccccc21. The number of benzene rings is 4. The van der Waals surface area contributed by atoms with E-state index in [9.17, 15) is 4.79 Å². The first-order valence-electron chi connectivity index (χ1n) is 11.8. The molecule has 1 amide bonds. The third kappa shape index (κ3) is 4.88. The summed E-state index contributed by atoms with van der Waals surface area (Å²) in [6.45, 7) is 0. The van der Waals surface area contributed by atoms with Crippen LogP contribution in [0.25, 0.3) is 22.4 Å². The summed E-state index contributed by atoms with van der Waals surface area (Å²) in [6.07, 6.45) is 3.67. The molecule has 2 aliphatic heterocycles. The van der Waals surface area contributed by atoms with Gasteiger partial charge in [-0.25, -0.2) is 9.69 Å². The van der Waals surface area contributed by atoms with Crippen LogP contribution in [0.5, 0.6) is 0 Å². The number of fused-ring (bicyclic) bond motifs is 4. The molecule has 4 aromatic rings. The zero-order valence-corrected chi connectivity index (χ0v) is 22.0. The molecule has 2 heterocycles. The second kappa shape index (κ2) is 10.8. The van der Waals surface area contributed by atoms with E-state index in [2.05, 4.69) is 51.6 Å². The van der Waals surface area contributed by atoms with Crippen molar-refractivity contribution in [3.05, 3.63) is 119 Å². The maximum Gasteiger partial charge on any atom is 0.418 e. The van der Waals surface area contributed by atoms with E-state index in [1.165, 1.54) is 7.11 Å². The Kier molecular flexibility index (Phi) is 7.10. The van der Waals surface area contributed by atoms with E-state index in [0.717, 1.165) is 55.2 Å². The fraction of sp³-hybridized carbons (Fsp3) is 0.0645. The lowest BCUT2D eigenvalue weighted by Gasteiger charge is -2.23. The molecular formula is C31H25BrN2O3. The van der Waals surface area contributed by atoms with Crippen molar-refractivity contribution in [3.8, 4) is 0 Å². The highest BCUT2D eigenvalue weighted by molar-refractivity contribution is 9.15. The van der Waals surface area contributed by atoms with E-state index in [1.807, 2.05) is 78.9 Å². The molecule has 6 heteroatoms. The number of anilines is 4. The van der Waals surface area contributed by atoms with Crippen molar-refractivity contribution in [2.24, 2.45) is 0 Å². The van der Waals surface area contributed by atoms with Gasteiger partial charge in [-0.2, -0.15) is 0 Å². The van der Waals surface area contributed by atoms with Crippen LogP contribution in [0.2, 0.25) is 0 Å². The van der Waals surface area contributed by atoms with Crippen LogP contribution in [0.1, 0.15) is 22.3 Å². The molecule has 0 bridgehead atoms. The number of carbonyl (C=O) groups excluding carboxylic acids is 1.